The van der Waals surface area contributed by atoms with Gasteiger partial charge in [0.25, 0.3) is 0 Å². The maximum Gasteiger partial charge on any atom is 0.227 e. The monoisotopic (exact) mass is 274 g/mol. The summed E-state index contributed by atoms with van der Waals surface area (Å²) in [6, 6.07) is 8.61. The van der Waals surface area contributed by atoms with Crippen molar-refractivity contribution >= 4 is 11.6 Å². The molecule has 2 rings (SSSR count). The van der Waals surface area contributed by atoms with Gasteiger partial charge >= 0.3 is 0 Å². The first-order valence-electron chi connectivity index (χ1n) is 7.45. The topological polar surface area (TPSA) is 41.1 Å². The van der Waals surface area contributed by atoms with Gasteiger partial charge < -0.3 is 10.6 Å². The van der Waals surface area contributed by atoms with Crippen molar-refractivity contribution in [3.63, 3.8) is 0 Å². The van der Waals surface area contributed by atoms with E-state index < -0.39 is 0 Å². The number of carbonyl (C=O) groups is 1. The zero-order chi connectivity index (χ0) is 14.9. The van der Waals surface area contributed by atoms with Crippen molar-refractivity contribution in [2.24, 2.45) is 5.41 Å². The summed E-state index contributed by atoms with van der Waals surface area (Å²) in [5.41, 5.74) is 2.28. The molecule has 1 amide bonds. The van der Waals surface area contributed by atoms with E-state index in [1.54, 1.807) is 0 Å². The number of rotatable bonds is 2. The average molecular weight is 274 g/mol. The fraction of sp³-hybridized carbons (Fsp3) is 0.588. The van der Waals surface area contributed by atoms with E-state index in [0.29, 0.717) is 6.04 Å². The molecule has 3 nitrogen and oxygen atoms in total. The van der Waals surface area contributed by atoms with E-state index in [9.17, 15) is 4.79 Å². The first-order chi connectivity index (χ1) is 9.29. The lowest BCUT2D eigenvalue weighted by Gasteiger charge is -2.34. The van der Waals surface area contributed by atoms with Gasteiger partial charge in [0.2, 0.25) is 5.91 Å². The molecule has 3 unspecified atom stereocenters. The molecule has 0 saturated carbocycles. The van der Waals surface area contributed by atoms with Crippen molar-refractivity contribution in [1.29, 1.82) is 0 Å². The normalized spacial score (nSPS) is 23.4. The number of amides is 1. The van der Waals surface area contributed by atoms with Crippen molar-refractivity contribution in [3.05, 3.63) is 29.8 Å². The maximum absolute atomic E-state index is 12.6. The second kappa shape index (κ2) is 5.47. The number of para-hydroxylation sites is 1. The molecule has 1 heterocycles. The van der Waals surface area contributed by atoms with Gasteiger partial charge in [0, 0.05) is 17.8 Å². The Hall–Kier alpha value is -1.51. The highest BCUT2D eigenvalue weighted by atomic mass is 16.2. The molecule has 0 saturated heterocycles. The van der Waals surface area contributed by atoms with Crippen molar-refractivity contribution in [2.75, 3.05) is 5.32 Å². The molecule has 3 atom stereocenters. The first kappa shape index (κ1) is 14.9. The molecule has 1 aromatic rings. The molecule has 110 valence electrons. The van der Waals surface area contributed by atoms with Gasteiger partial charge in [-0.1, -0.05) is 39.0 Å². The average Bonchev–Trinajstić information content (AvgIpc) is 2.36. The summed E-state index contributed by atoms with van der Waals surface area (Å²) in [6.07, 6.45) is 0.847. The standard InChI is InChI=1S/C17H26N2O/c1-11-10-14(13-8-6-7-9-15(13)18-11)16(20)19-12(2)17(3,4)5/h6-9,11-12,14,18H,10H2,1-5H3,(H,19,20). The van der Waals surface area contributed by atoms with Crippen molar-refractivity contribution in [3.8, 4) is 0 Å². The van der Waals surface area contributed by atoms with Crippen molar-refractivity contribution < 1.29 is 4.79 Å². The van der Waals surface area contributed by atoms with E-state index in [0.717, 1.165) is 17.7 Å². The molecule has 0 radical (unpaired) electrons. The fourth-order valence-corrected chi connectivity index (χ4v) is 2.52. The van der Waals surface area contributed by atoms with Gasteiger partial charge in [-0.25, -0.2) is 0 Å². The van der Waals surface area contributed by atoms with Gasteiger partial charge in [0.05, 0.1) is 5.92 Å². The molecule has 0 aliphatic carbocycles. The van der Waals surface area contributed by atoms with Crippen LogP contribution in [0.5, 0.6) is 0 Å². The molecule has 0 fully saturated rings. The van der Waals surface area contributed by atoms with Crippen LogP contribution in [0.25, 0.3) is 0 Å². The Morgan fingerprint density at radius 1 is 1.35 bits per heavy atom. The number of carbonyl (C=O) groups excluding carboxylic acids is 1. The third-order valence-electron chi connectivity index (χ3n) is 4.30. The van der Waals surface area contributed by atoms with Crippen LogP contribution in [0.4, 0.5) is 5.69 Å². The Morgan fingerprint density at radius 2 is 2.00 bits per heavy atom. The van der Waals surface area contributed by atoms with Crippen LogP contribution in [0, 0.1) is 5.41 Å². The quantitative estimate of drug-likeness (QED) is 0.866. The number of hydrogen-bond acceptors (Lipinski definition) is 2. The van der Waals surface area contributed by atoms with Crippen LogP contribution in [0.2, 0.25) is 0 Å². The molecular formula is C17H26N2O. The van der Waals surface area contributed by atoms with E-state index in [1.165, 1.54) is 0 Å². The van der Waals surface area contributed by atoms with Crippen LogP contribution in [0.15, 0.2) is 24.3 Å². The Kier molecular flexibility index (Phi) is 4.07. The minimum Gasteiger partial charge on any atom is -0.382 e. The maximum atomic E-state index is 12.6. The Balaban J connectivity index is 2.18. The van der Waals surface area contributed by atoms with Gasteiger partial charge in [0.1, 0.15) is 0 Å². The molecule has 20 heavy (non-hydrogen) atoms. The molecule has 0 aromatic heterocycles. The minimum atomic E-state index is -0.0488. The van der Waals surface area contributed by atoms with Gasteiger partial charge in [0.15, 0.2) is 0 Å². The SMILES string of the molecule is CC1CC(C(=O)NC(C)C(C)(C)C)c2ccccc2N1. The minimum absolute atomic E-state index is 0.0488. The Morgan fingerprint density at radius 3 is 2.65 bits per heavy atom. The summed E-state index contributed by atoms with van der Waals surface area (Å²) in [5.74, 6) is 0.0977. The third-order valence-corrected chi connectivity index (χ3v) is 4.30. The highest BCUT2D eigenvalue weighted by Gasteiger charge is 2.31. The lowest BCUT2D eigenvalue weighted by molar-refractivity contribution is -0.124. The molecule has 3 heteroatoms. The molecule has 0 spiro atoms. The van der Waals surface area contributed by atoms with Crippen molar-refractivity contribution in [2.45, 2.75) is 59.0 Å². The van der Waals surface area contributed by atoms with Crippen LogP contribution in [-0.4, -0.2) is 18.0 Å². The molecule has 1 aliphatic heterocycles. The molecule has 2 N–H and O–H groups in total. The summed E-state index contributed by atoms with van der Waals surface area (Å²) in [4.78, 5) is 12.6. The van der Waals surface area contributed by atoms with E-state index in [2.05, 4.69) is 57.4 Å². The summed E-state index contributed by atoms with van der Waals surface area (Å²) in [6.45, 7) is 10.7. The first-order valence-corrected chi connectivity index (χ1v) is 7.45. The predicted octanol–water partition coefficient (Wildman–Crippen LogP) is 3.53. The van der Waals surface area contributed by atoms with Gasteiger partial charge in [-0.15, -0.1) is 0 Å². The largest absolute Gasteiger partial charge is 0.382 e. The molecular weight excluding hydrogens is 248 g/mol. The van der Waals surface area contributed by atoms with Crippen LogP contribution in [0.3, 0.4) is 0 Å². The smallest absolute Gasteiger partial charge is 0.227 e. The summed E-state index contributed by atoms with van der Waals surface area (Å²) >= 11 is 0. The van der Waals surface area contributed by atoms with Crippen LogP contribution in [-0.2, 0) is 4.79 Å². The van der Waals surface area contributed by atoms with E-state index in [1.807, 2.05) is 12.1 Å². The summed E-state index contributed by atoms with van der Waals surface area (Å²) in [7, 11) is 0. The second-order valence-corrected chi connectivity index (χ2v) is 7.02. The summed E-state index contributed by atoms with van der Waals surface area (Å²) < 4.78 is 0. The van der Waals surface area contributed by atoms with Gasteiger partial charge in [-0.05, 0) is 37.3 Å². The van der Waals surface area contributed by atoms with Crippen LogP contribution in [0.1, 0.15) is 52.5 Å². The summed E-state index contributed by atoms with van der Waals surface area (Å²) in [5, 5.41) is 6.63. The molecule has 1 aliphatic rings. The van der Waals surface area contributed by atoms with E-state index in [4.69, 9.17) is 0 Å². The third kappa shape index (κ3) is 3.14. The number of anilines is 1. The highest BCUT2D eigenvalue weighted by molar-refractivity contribution is 5.86. The van der Waals surface area contributed by atoms with E-state index in [-0.39, 0.29) is 23.3 Å². The molecule has 0 bridgehead atoms. The predicted molar refractivity (Wildman–Crippen MR) is 83.9 cm³/mol. The van der Waals surface area contributed by atoms with E-state index >= 15 is 0 Å². The Bertz CT molecular complexity index is 490. The lowest BCUT2D eigenvalue weighted by Crippen LogP contribution is -2.45. The fourth-order valence-electron chi connectivity index (χ4n) is 2.52. The second-order valence-electron chi connectivity index (χ2n) is 7.02. The number of nitrogens with one attached hydrogen (secondary N) is 2. The van der Waals surface area contributed by atoms with Crippen molar-refractivity contribution in [1.82, 2.24) is 5.32 Å². The highest BCUT2D eigenvalue weighted by Crippen LogP contribution is 2.34. The molecule has 1 aromatic carbocycles. The lowest BCUT2D eigenvalue weighted by atomic mass is 9.84. The zero-order valence-corrected chi connectivity index (χ0v) is 13.2. The Labute approximate surface area is 122 Å². The van der Waals surface area contributed by atoms with Gasteiger partial charge in [-0.3, -0.25) is 4.79 Å². The van der Waals surface area contributed by atoms with Gasteiger partial charge in [-0.2, -0.15) is 0 Å². The zero-order valence-electron chi connectivity index (χ0n) is 13.2. The number of benzene rings is 1. The van der Waals surface area contributed by atoms with Crippen LogP contribution < -0.4 is 10.6 Å². The number of fused-ring (bicyclic) bond motifs is 1. The van der Waals surface area contributed by atoms with Crippen LogP contribution >= 0.6 is 0 Å². The number of hydrogen-bond donors (Lipinski definition) is 2.